The highest BCUT2D eigenvalue weighted by Crippen LogP contribution is 2.42. The van der Waals surface area contributed by atoms with Crippen LogP contribution in [0.1, 0.15) is 47.5 Å². The Labute approximate surface area is 131 Å². The number of fused-ring (bicyclic) bond motifs is 1. The van der Waals surface area contributed by atoms with Crippen molar-refractivity contribution in [1.29, 1.82) is 0 Å². The van der Waals surface area contributed by atoms with Crippen molar-refractivity contribution in [1.82, 2.24) is 5.32 Å². The third kappa shape index (κ3) is 2.99. The quantitative estimate of drug-likeness (QED) is 0.846. The highest BCUT2D eigenvalue weighted by atomic mass is 32.1. The first-order valence-corrected chi connectivity index (χ1v) is 8.68. The topological polar surface area (TPSA) is 21.3 Å². The van der Waals surface area contributed by atoms with Gasteiger partial charge in [-0.05, 0) is 37.6 Å². The van der Waals surface area contributed by atoms with Gasteiger partial charge in [0, 0.05) is 21.2 Å². The van der Waals surface area contributed by atoms with E-state index in [4.69, 9.17) is 4.74 Å². The number of thiophene rings is 1. The third-order valence-corrected chi connectivity index (χ3v) is 5.40. The monoisotopic (exact) mass is 301 g/mol. The fourth-order valence-corrected chi connectivity index (χ4v) is 4.05. The molecule has 0 saturated heterocycles. The Hall–Kier alpha value is -1.32. The van der Waals surface area contributed by atoms with Crippen LogP contribution in [-0.2, 0) is 6.42 Å². The molecule has 3 rings (SSSR count). The standard InChI is InChI=1S/C18H23NOS/c1-3-11-19-18(17-10-9-13(4-2)21-17)15-12-20-16-8-6-5-7-14(15)16/h5-10,15,18-19H,3-4,11-12H2,1-2H3. The van der Waals surface area contributed by atoms with E-state index in [0.717, 1.165) is 31.7 Å². The molecule has 3 heteroatoms. The fourth-order valence-electron chi connectivity index (χ4n) is 2.96. The first-order chi connectivity index (χ1) is 10.3. The van der Waals surface area contributed by atoms with Gasteiger partial charge in [-0.3, -0.25) is 0 Å². The average molecular weight is 301 g/mol. The Morgan fingerprint density at radius 3 is 2.86 bits per heavy atom. The maximum absolute atomic E-state index is 5.89. The van der Waals surface area contributed by atoms with Gasteiger partial charge < -0.3 is 10.1 Å². The largest absolute Gasteiger partial charge is 0.493 e. The number of para-hydroxylation sites is 1. The van der Waals surface area contributed by atoms with Gasteiger partial charge in [-0.15, -0.1) is 11.3 Å². The zero-order chi connectivity index (χ0) is 14.7. The highest BCUT2D eigenvalue weighted by Gasteiger charge is 2.32. The van der Waals surface area contributed by atoms with E-state index in [1.165, 1.54) is 15.3 Å². The van der Waals surface area contributed by atoms with Crippen LogP contribution in [0.15, 0.2) is 36.4 Å². The molecule has 2 heterocycles. The molecule has 112 valence electrons. The van der Waals surface area contributed by atoms with Crippen LogP contribution in [0, 0.1) is 0 Å². The van der Waals surface area contributed by atoms with E-state index in [-0.39, 0.29) is 0 Å². The molecule has 1 aliphatic heterocycles. The lowest BCUT2D eigenvalue weighted by Gasteiger charge is -2.23. The summed E-state index contributed by atoms with van der Waals surface area (Å²) >= 11 is 1.93. The maximum atomic E-state index is 5.89. The van der Waals surface area contributed by atoms with Crippen molar-refractivity contribution in [2.45, 2.75) is 38.6 Å². The number of benzene rings is 1. The van der Waals surface area contributed by atoms with Gasteiger partial charge in [0.05, 0.1) is 12.6 Å². The molecule has 1 N–H and O–H groups in total. The minimum Gasteiger partial charge on any atom is -0.493 e. The Kier molecular flexibility index (Phi) is 4.61. The molecule has 0 amide bonds. The van der Waals surface area contributed by atoms with Gasteiger partial charge in [0.25, 0.3) is 0 Å². The fraction of sp³-hybridized carbons (Fsp3) is 0.444. The lowest BCUT2D eigenvalue weighted by molar-refractivity contribution is 0.301. The van der Waals surface area contributed by atoms with Gasteiger partial charge in [0.2, 0.25) is 0 Å². The number of hydrogen-bond donors (Lipinski definition) is 1. The summed E-state index contributed by atoms with van der Waals surface area (Å²) in [7, 11) is 0. The van der Waals surface area contributed by atoms with E-state index in [1.807, 2.05) is 11.3 Å². The van der Waals surface area contributed by atoms with Crippen LogP contribution in [0.4, 0.5) is 0 Å². The zero-order valence-corrected chi connectivity index (χ0v) is 13.6. The molecular weight excluding hydrogens is 278 g/mol. The van der Waals surface area contributed by atoms with Crippen LogP contribution in [0.25, 0.3) is 0 Å². The van der Waals surface area contributed by atoms with Crippen molar-refractivity contribution in [3.05, 3.63) is 51.7 Å². The third-order valence-electron chi connectivity index (χ3n) is 4.09. The van der Waals surface area contributed by atoms with Gasteiger partial charge in [-0.1, -0.05) is 32.0 Å². The molecule has 0 bridgehead atoms. The SMILES string of the molecule is CCCNC(c1ccc(CC)s1)C1COc2ccccc21. The second-order valence-electron chi connectivity index (χ2n) is 5.54. The molecule has 2 atom stereocenters. The summed E-state index contributed by atoms with van der Waals surface area (Å²) in [5.41, 5.74) is 1.34. The van der Waals surface area contributed by atoms with Gasteiger partial charge in [0.15, 0.2) is 0 Å². The predicted molar refractivity (Wildman–Crippen MR) is 89.4 cm³/mol. The number of aryl methyl sites for hydroxylation is 1. The van der Waals surface area contributed by atoms with Crippen LogP contribution < -0.4 is 10.1 Å². The molecular formula is C18H23NOS. The van der Waals surface area contributed by atoms with E-state index in [9.17, 15) is 0 Å². The van der Waals surface area contributed by atoms with Crippen molar-refractivity contribution in [3.8, 4) is 5.75 Å². The van der Waals surface area contributed by atoms with E-state index in [1.54, 1.807) is 0 Å². The van der Waals surface area contributed by atoms with Gasteiger partial charge in [0.1, 0.15) is 5.75 Å². The van der Waals surface area contributed by atoms with Crippen molar-refractivity contribution in [2.75, 3.05) is 13.2 Å². The molecule has 0 spiro atoms. The van der Waals surface area contributed by atoms with Crippen LogP contribution in [0.2, 0.25) is 0 Å². The lowest BCUT2D eigenvalue weighted by Crippen LogP contribution is -2.28. The van der Waals surface area contributed by atoms with Crippen LogP contribution in [0.5, 0.6) is 5.75 Å². The van der Waals surface area contributed by atoms with Crippen LogP contribution in [0.3, 0.4) is 0 Å². The predicted octanol–water partition coefficient (Wildman–Crippen LogP) is 4.53. The zero-order valence-electron chi connectivity index (χ0n) is 12.8. The van der Waals surface area contributed by atoms with Gasteiger partial charge >= 0.3 is 0 Å². The Morgan fingerprint density at radius 2 is 2.10 bits per heavy atom. The summed E-state index contributed by atoms with van der Waals surface area (Å²) in [6.07, 6.45) is 2.26. The number of hydrogen-bond acceptors (Lipinski definition) is 3. The summed E-state index contributed by atoms with van der Waals surface area (Å²) in [4.78, 5) is 2.89. The molecule has 1 aromatic carbocycles. The van der Waals surface area contributed by atoms with Crippen LogP contribution >= 0.6 is 11.3 Å². The number of rotatable bonds is 6. The molecule has 0 radical (unpaired) electrons. The number of ether oxygens (including phenoxy) is 1. The average Bonchev–Trinajstić information content (AvgIpc) is 3.15. The first-order valence-electron chi connectivity index (χ1n) is 7.87. The lowest BCUT2D eigenvalue weighted by atomic mass is 9.92. The number of nitrogens with one attached hydrogen (secondary N) is 1. The Balaban J connectivity index is 1.89. The Bertz CT molecular complexity index is 592. The molecule has 0 aliphatic carbocycles. The van der Waals surface area contributed by atoms with Crippen molar-refractivity contribution in [3.63, 3.8) is 0 Å². The molecule has 1 aromatic heterocycles. The molecule has 2 nitrogen and oxygen atoms in total. The van der Waals surface area contributed by atoms with Crippen LogP contribution in [-0.4, -0.2) is 13.2 Å². The maximum Gasteiger partial charge on any atom is 0.122 e. The van der Waals surface area contributed by atoms with E-state index >= 15 is 0 Å². The van der Waals surface area contributed by atoms with E-state index in [2.05, 4.69) is 55.6 Å². The first kappa shape index (κ1) is 14.6. The van der Waals surface area contributed by atoms with Crippen molar-refractivity contribution in [2.24, 2.45) is 0 Å². The molecule has 1 aliphatic rings. The van der Waals surface area contributed by atoms with E-state index < -0.39 is 0 Å². The smallest absolute Gasteiger partial charge is 0.122 e. The molecule has 2 aromatic rings. The molecule has 0 fully saturated rings. The second kappa shape index (κ2) is 6.63. The summed E-state index contributed by atoms with van der Waals surface area (Å²) in [5.74, 6) is 1.47. The van der Waals surface area contributed by atoms with Crippen molar-refractivity contribution < 1.29 is 4.74 Å². The minimum absolute atomic E-state index is 0.360. The molecule has 2 unspecified atom stereocenters. The van der Waals surface area contributed by atoms with Gasteiger partial charge in [-0.25, -0.2) is 0 Å². The highest BCUT2D eigenvalue weighted by molar-refractivity contribution is 7.12. The summed E-state index contributed by atoms with van der Waals surface area (Å²) < 4.78 is 5.89. The Morgan fingerprint density at radius 1 is 1.24 bits per heavy atom. The summed E-state index contributed by atoms with van der Waals surface area (Å²) in [6, 6.07) is 13.4. The van der Waals surface area contributed by atoms with E-state index in [0.29, 0.717) is 12.0 Å². The minimum atomic E-state index is 0.360. The second-order valence-corrected chi connectivity index (χ2v) is 6.74. The van der Waals surface area contributed by atoms with Gasteiger partial charge in [-0.2, -0.15) is 0 Å². The molecule has 0 saturated carbocycles. The molecule has 21 heavy (non-hydrogen) atoms. The van der Waals surface area contributed by atoms with Crippen molar-refractivity contribution >= 4 is 11.3 Å². The normalized spacial score (nSPS) is 18.3. The summed E-state index contributed by atoms with van der Waals surface area (Å²) in [6.45, 7) is 6.26. The summed E-state index contributed by atoms with van der Waals surface area (Å²) in [5, 5.41) is 3.74.